The first kappa shape index (κ1) is 9.01. The van der Waals surface area contributed by atoms with E-state index in [0.717, 1.165) is 13.0 Å². The molecule has 0 radical (unpaired) electrons. The van der Waals surface area contributed by atoms with Gasteiger partial charge in [-0.1, -0.05) is 6.92 Å². The minimum atomic E-state index is -0.170. The predicted molar refractivity (Wildman–Crippen MR) is 46.5 cm³/mol. The van der Waals surface area contributed by atoms with Gasteiger partial charge in [-0.05, 0) is 33.2 Å². The number of aliphatic hydroxyl groups excluding tert-OH is 1. The van der Waals surface area contributed by atoms with Crippen molar-refractivity contribution in [1.29, 1.82) is 0 Å². The molecule has 0 saturated carbocycles. The van der Waals surface area contributed by atoms with E-state index in [9.17, 15) is 5.11 Å². The molecule has 1 N–H and O–H groups in total. The second kappa shape index (κ2) is 2.76. The molecule has 1 aliphatic rings. The lowest BCUT2D eigenvalue weighted by Crippen LogP contribution is -2.56. The van der Waals surface area contributed by atoms with Crippen molar-refractivity contribution in [2.24, 2.45) is 5.92 Å². The molecule has 1 saturated heterocycles. The maximum atomic E-state index is 9.74. The fourth-order valence-electron chi connectivity index (χ4n) is 1.70. The van der Waals surface area contributed by atoms with Gasteiger partial charge in [0.15, 0.2) is 0 Å². The Bertz CT molecular complexity index is 130. The van der Waals surface area contributed by atoms with E-state index in [0.29, 0.717) is 5.92 Å². The number of hydrogen-bond donors (Lipinski definition) is 1. The Hall–Kier alpha value is -0.0800. The summed E-state index contributed by atoms with van der Waals surface area (Å²) in [5.74, 6) is 0.628. The number of piperidine rings is 1. The molecule has 0 amide bonds. The Morgan fingerprint density at radius 2 is 2.00 bits per heavy atom. The van der Waals surface area contributed by atoms with Gasteiger partial charge in [0.2, 0.25) is 0 Å². The largest absolute Gasteiger partial charge is 0.391 e. The molecule has 0 aromatic rings. The van der Waals surface area contributed by atoms with Gasteiger partial charge in [0, 0.05) is 12.1 Å². The first-order chi connectivity index (χ1) is 4.94. The number of aliphatic hydroxyl groups is 1. The minimum absolute atomic E-state index is 0.0352. The summed E-state index contributed by atoms with van der Waals surface area (Å²) >= 11 is 0. The first-order valence-corrected chi connectivity index (χ1v) is 4.34. The monoisotopic (exact) mass is 157 g/mol. The van der Waals surface area contributed by atoms with Gasteiger partial charge in [-0.2, -0.15) is 0 Å². The van der Waals surface area contributed by atoms with Crippen molar-refractivity contribution in [3.8, 4) is 0 Å². The smallest absolute Gasteiger partial charge is 0.0721 e. The third-order valence-corrected chi connectivity index (χ3v) is 3.01. The highest BCUT2D eigenvalue weighted by molar-refractivity contribution is 4.92. The van der Waals surface area contributed by atoms with Gasteiger partial charge in [0.25, 0.3) is 0 Å². The SMILES string of the molecule is C[C@@H]1C[C@H](O)C(C)(C)N(C)C1. The molecule has 0 bridgehead atoms. The molecule has 1 aliphatic heterocycles. The summed E-state index contributed by atoms with van der Waals surface area (Å²) in [5.41, 5.74) is -0.0352. The molecule has 2 atom stereocenters. The van der Waals surface area contributed by atoms with E-state index in [4.69, 9.17) is 0 Å². The average Bonchev–Trinajstić information content (AvgIpc) is 1.84. The van der Waals surface area contributed by atoms with Gasteiger partial charge < -0.3 is 5.11 Å². The van der Waals surface area contributed by atoms with E-state index < -0.39 is 0 Å². The molecule has 1 fully saturated rings. The van der Waals surface area contributed by atoms with Crippen LogP contribution in [0.15, 0.2) is 0 Å². The maximum Gasteiger partial charge on any atom is 0.0721 e. The van der Waals surface area contributed by atoms with Crippen molar-refractivity contribution in [3.63, 3.8) is 0 Å². The van der Waals surface area contributed by atoms with E-state index in [1.165, 1.54) is 0 Å². The lowest BCUT2D eigenvalue weighted by Gasteiger charge is -2.46. The van der Waals surface area contributed by atoms with Crippen molar-refractivity contribution in [3.05, 3.63) is 0 Å². The highest BCUT2D eigenvalue weighted by Crippen LogP contribution is 2.28. The molecule has 1 heterocycles. The molecule has 0 aliphatic carbocycles. The molecule has 0 unspecified atom stereocenters. The lowest BCUT2D eigenvalue weighted by atomic mass is 9.83. The van der Waals surface area contributed by atoms with Gasteiger partial charge in [0.05, 0.1) is 6.10 Å². The Morgan fingerprint density at radius 3 is 2.45 bits per heavy atom. The normalized spacial score (nSPS) is 39.0. The fourth-order valence-corrected chi connectivity index (χ4v) is 1.70. The maximum absolute atomic E-state index is 9.74. The molecule has 1 rings (SSSR count). The Kier molecular flexibility index (Phi) is 2.26. The van der Waals surface area contributed by atoms with Crippen molar-refractivity contribution >= 4 is 0 Å². The highest BCUT2D eigenvalue weighted by Gasteiger charge is 2.37. The van der Waals surface area contributed by atoms with Gasteiger partial charge >= 0.3 is 0 Å². The number of likely N-dealkylation sites (tertiary alicyclic amines) is 1. The second-order valence-electron chi connectivity index (χ2n) is 4.39. The van der Waals surface area contributed by atoms with Crippen LogP contribution in [0.4, 0.5) is 0 Å². The number of nitrogens with zero attached hydrogens (tertiary/aromatic N) is 1. The zero-order valence-electron chi connectivity index (χ0n) is 7.96. The van der Waals surface area contributed by atoms with Crippen molar-refractivity contribution in [1.82, 2.24) is 4.90 Å². The summed E-state index contributed by atoms with van der Waals surface area (Å²) in [5, 5.41) is 9.74. The second-order valence-corrected chi connectivity index (χ2v) is 4.39. The molecule has 0 aromatic carbocycles. The summed E-state index contributed by atoms with van der Waals surface area (Å²) in [4.78, 5) is 2.24. The molecule has 66 valence electrons. The average molecular weight is 157 g/mol. The molecule has 2 nitrogen and oxygen atoms in total. The van der Waals surface area contributed by atoms with Crippen LogP contribution in [0.5, 0.6) is 0 Å². The fraction of sp³-hybridized carbons (Fsp3) is 1.00. The van der Waals surface area contributed by atoms with Crippen LogP contribution in [0.3, 0.4) is 0 Å². The quantitative estimate of drug-likeness (QED) is 0.569. The summed E-state index contributed by atoms with van der Waals surface area (Å²) in [7, 11) is 2.08. The summed E-state index contributed by atoms with van der Waals surface area (Å²) in [6.07, 6.45) is 0.772. The molecule has 11 heavy (non-hydrogen) atoms. The van der Waals surface area contributed by atoms with E-state index in [1.807, 2.05) is 0 Å². The zero-order valence-corrected chi connectivity index (χ0v) is 7.96. The van der Waals surface area contributed by atoms with Gasteiger partial charge in [-0.3, -0.25) is 4.90 Å². The Morgan fingerprint density at radius 1 is 1.45 bits per heavy atom. The van der Waals surface area contributed by atoms with E-state index in [-0.39, 0.29) is 11.6 Å². The summed E-state index contributed by atoms with van der Waals surface area (Å²) in [6, 6.07) is 0. The lowest BCUT2D eigenvalue weighted by molar-refractivity contribution is -0.0488. The summed E-state index contributed by atoms with van der Waals surface area (Å²) < 4.78 is 0. The third kappa shape index (κ3) is 1.57. The van der Waals surface area contributed by atoms with E-state index >= 15 is 0 Å². The first-order valence-electron chi connectivity index (χ1n) is 4.34. The van der Waals surface area contributed by atoms with Crippen molar-refractivity contribution in [2.45, 2.75) is 38.8 Å². The van der Waals surface area contributed by atoms with Crippen LogP contribution in [-0.2, 0) is 0 Å². The van der Waals surface area contributed by atoms with Crippen LogP contribution in [0.1, 0.15) is 27.2 Å². The highest BCUT2D eigenvalue weighted by atomic mass is 16.3. The molecule has 2 heteroatoms. The number of hydrogen-bond acceptors (Lipinski definition) is 2. The van der Waals surface area contributed by atoms with Crippen LogP contribution in [0.25, 0.3) is 0 Å². The molecule has 0 aromatic heterocycles. The molecular weight excluding hydrogens is 138 g/mol. The Balaban J connectivity index is 2.67. The van der Waals surface area contributed by atoms with Crippen LogP contribution in [-0.4, -0.2) is 35.2 Å². The van der Waals surface area contributed by atoms with Gasteiger partial charge in [0.1, 0.15) is 0 Å². The van der Waals surface area contributed by atoms with Gasteiger partial charge in [-0.25, -0.2) is 0 Å². The zero-order chi connectivity index (χ0) is 8.65. The van der Waals surface area contributed by atoms with Gasteiger partial charge in [-0.15, -0.1) is 0 Å². The number of rotatable bonds is 0. The predicted octanol–water partition coefficient (Wildman–Crippen LogP) is 1.10. The molecular formula is C9H19NO. The third-order valence-electron chi connectivity index (χ3n) is 3.01. The van der Waals surface area contributed by atoms with Crippen molar-refractivity contribution in [2.75, 3.05) is 13.6 Å². The van der Waals surface area contributed by atoms with Crippen LogP contribution >= 0.6 is 0 Å². The topological polar surface area (TPSA) is 23.5 Å². The molecule has 0 spiro atoms. The van der Waals surface area contributed by atoms with Crippen LogP contribution in [0.2, 0.25) is 0 Å². The summed E-state index contributed by atoms with van der Waals surface area (Å²) in [6.45, 7) is 7.49. The van der Waals surface area contributed by atoms with Crippen LogP contribution in [0, 0.1) is 5.92 Å². The minimum Gasteiger partial charge on any atom is -0.391 e. The van der Waals surface area contributed by atoms with Crippen molar-refractivity contribution < 1.29 is 5.11 Å². The van der Waals surface area contributed by atoms with E-state index in [2.05, 4.69) is 32.7 Å². The Labute approximate surface area is 69.2 Å². The standard InChI is InChI=1S/C9H19NO/c1-7-5-8(11)9(2,3)10(4)6-7/h7-8,11H,5-6H2,1-4H3/t7-,8+/m1/s1. The van der Waals surface area contributed by atoms with E-state index in [1.54, 1.807) is 0 Å². The van der Waals surface area contributed by atoms with Crippen LogP contribution < -0.4 is 0 Å². The number of likely N-dealkylation sites (N-methyl/N-ethyl adjacent to an activating group) is 1.